The molecule has 1 aliphatic carbocycles. The normalized spacial score (nSPS) is 15.0. The molecule has 0 spiro atoms. The molecule has 1 fully saturated rings. The van der Waals surface area contributed by atoms with Crippen molar-refractivity contribution < 1.29 is 9.53 Å². The van der Waals surface area contributed by atoms with E-state index in [0.29, 0.717) is 6.42 Å². The van der Waals surface area contributed by atoms with E-state index >= 15 is 0 Å². The van der Waals surface area contributed by atoms with Gasteiger partial charge in [-0.05, 0) is 31.7 Å². The zero-order chi connectivity index (χ0) is 10.7. The van der Waals surface area contributed by atoms with Crippen LogP contribution < -0.4 is 4.74 Å². The van der Waals surface area contributed by atoms with E-state index in [4.69, 9.17) is 4.74 Å². The maximum absolute atomic E-state index is 11.1. The highest BCUT2D eigenvalue weighted by Crippen LogP contribution is 2.30. The topological polar surface area (TPSA) is 26.3 Å². The van der Waals surface area contributed by atoms with E-state index in [-0.39, 0.29) is 5.78 Å². The summed E-state index contributed by atoms with van der Waals surface area (Å²) in [6.07, 6.45) is 3.05. The average Bonchev–Trinajstić information content (AvgIpc) is 2.99. The van der Waals surface area contributed by atoms with Gasteiger partial charge in [-0.1, -0.05) is 18.2 Å². The molecule has 0 saturated heterocycles. The molecule has 1 saturated carbocycles. The van der Waals surface area contributed by atoms with Crippen molar-refractivity contribution in [3.8, 4) is 5.75 Å². The minimum Gasteiger partial charge on any atom is -0.493 e. The number of benzene rings is 1. The molecule has 2 heteroatoms. The lowest BCUT2D eigenvalue weighted by Crippen LogP contribution is -2.04. The number of rotatable bonds is 5. The molecule has 1 aliphatic rings. The fraction of sp³-hybridized carbons (Fsp3) is 0.462. The highest BCUT2D eigenvalue weighted by Gasteiger charge is 2.22. The van der Waals surface area contributed by atoms with E-state index < -0.39 is 0 Å². The van der Waals surface area contributed by atoms with Crippen molar-refractivity contribution in [2.24, 2.45) is 5.92 Å². The third kappa shape index (κ3) is 3.08. The molecule has 0 heterocycles. The lowest BCUT2D eigenvalue weighted by atomic mass is 10.1. The predicted octanol–water partition coefficient (Wildman–Crippen LogP) is 2.61. The molecule has 0 bridgehead atoms. The van der Waals surface area contributed by atoms with Crippen LogP contribution in [0.15, 0.2) is 24.3 Å². The van der Waals surface area contributed by atoms with Crippen molar-refractivity contribution in [3.05, 3.63) is 29.8 Å². The van der Waals surface area contributed by atoms with Crippen LogP contribution in [-0.2, 0) is 11.2 Å². The number of ether oxygens (including phenoxy) is 1. The van der Waals surface area contributed by atoms with Crippen LogP contribution in [0.4, 0.5) is 0 Å². The van der Waals surface area contributed by atoms with Gasteiger partial charge in [-0.2, -0.15) is 0 Å². The van der Waals surface area contributed by atoms with Crippen molar-refractivity contribution in [3.63, 3.8) is 0 Å². The van der Waals surface area contributed by atoms with Crippen molar-refractivity contribution >= 4 is 5.78 Å². The zero-order valence-corrected chi connectivity index (χ0v) is 9.03. The molecule has 0 N–H and O–H groups in total. The Morgan fingerprint density at radius 3 is 2.80 bits per heavy atom. The van der Waals surface area contributed by atoms with Gasteiger partial charge in [0, 0.05) is 12.0 Å². The highest BCUT2D eigenvalue weighted by atomic mass is 16.5. The fourth-order valence-corrected chi connectivity index (χ4v) is 1.55. The Balaban J connectivity index is 2.02. The van der Waals surface area contributed by atoms with Gasteiger partial charge in [0.2, 0.25) is 0 Å². The Morgan fingerprint density at radius 2 is 2.13 bits per heavy atom. The van der Waals surface area contributed by atoms with Crippen LogP contribution in [-0.4, -0.2) is 12.4 Å². The fourth-order valence-electron chi connectivity index (χ4n) is 1.55. The zero-order valence-electron chi connectivity index (χ0n) is 9.03. The first kappa shape index (κ1) is 10.2. The van der Waals surface area contributed by atoms with Crippen molar-refractivity contribution in [2.75, 3.05) is 6.61 Å². The van der Waals surface area contributed by atoms with Gasteiger partial charge < -0.3 is 4.74 Å². The van der Waals surface area contributed by atoms with E-state index in [9.17, 15) is 4.79 Å². The van der Waals surface area contributed by atoms with Gasteiger partial charge in [0.05, 0.1) is 6.61 Å². The first-order valence-electron chi connectivity index (χ1n) is 5.46. The molecule has 0 atom stereocenters. The average molecular weight is 204 g/mol. The number of Topliss-reactive ketones (excluding diaryl/α,β-unsaturated/α-hetero) is 1. The lowest BCUT2D eigenvalue weighted by molar-refractivity contribution is -0.116. The Hall–Kier alpha value is -1.31. The summed E-state index contributed by atoms with van der Waals surface area (Å²) >= 11 is 0. The molecule has 1 aromatic carbocycles. The van der Waals surface area contributed by atoms with Crippen LogP contribution in [0, 0.1) is 5.92 Å². The van der Waals surface area contributed by atoms with E-state index in [1.54, 1.807) is 6.92 Å². The second-order valence-corrected chi connectivity index (χ2v) is 4.24. The number of carbonyl (C=O) groups is 1. The van der Waals surface area contributed by atoms with Gasteiger partial charge in [-0.25, -0.2) is 0 Å². The quantitative estimate of drug-likeness (QED) is 0.737. The Bertz CT molecular complexity index is 353. The van der Waals surface area contributed by atoms with Crippen LogP contribution in [0.2, 0.25) is 0 Å². The SMILES string of the molecule is CC(=O)Cc1ccccc1OCC1CC1. The summed E-state index contributed by atoms with van der Waals surface area (Å²) in [5.74, 6) is 1.80. The molecule has 0 aliphatic heterocycles. The van der Waals surface area contributed by atoms with Gasteiger partial charge in [-0.3, -0.25) is 4.79 Å². The standard InChI is InChI=1S/C13H16O2/c1-10(14)8-12-4-2-3-5-13(12)15-9-11-6-7-11/h2-5,11H,6-9H2,1H3. The second kappa shape index (κ2) is 4.47. The summed E-state index contributed by atoms with van der Waals surface area (Å²) in [4.78, 5) is 11.1. The Kier molecular flexibility index (Phi) is 3.05. The molecule has 80 valence electrons. The maximum Gasteiger partial charge on any atom is 0.134 e. The Morgan fingerprint density at radius 1 is 1.40 bits per heavy atom. The van der Waals surface area contributed by atoms with E-state index in [2.05, 4.69) is 0 Å². The van der Waals surface area contributed by atoms with Crippen molar-refractivity contribution in [1.82, 2.24) is 0 Å². The van der Waals surface area contributed by atoms with E-state index in [1.807, 2.05) is 24.3 Å². The lowest BCUT2D eigenvalue weighted by Gasteiger charge is -2.09. The molecule has 15 heavy (non-hydrogen) atoms. The number of hydrogen-bond donors (Lipinski definition) is 0. The highest BCUT2D eigenvalue weighted by molar-refractivity contribution is 5.78. The van der Waals surface area contributed by atoms with Crippen LogP contribution in [0.3, 0.4) is 0 Å². The minimum absolute atomic E-state index is 0.178. The molecule has 1 aromatic rings. The van der Waals surface area contributed by atoms with E-state index in [1.165, 1.54) is 12.8 Å². The smallest absolute Gasteiger partial charge is 0.134 e. The molecule has 2 nitrogen and oxygen atoms in total. The molecule has 0 radical (unpaired) electrons. The van der Waals surface area contributed by atoms with Crippen LogP contribution >= 0.6 is 0 Å². The molecule has 0 aromatic heterocycles. The van der Waals surface area contributed by atoms with Crippen LogP contribution in [0.25, 0.3) is 0 Å². The summed E-state index contributed by atoms with van der Waals surface area (Å²) in [5, 5.41) is 0. The third-order valence-electron chi connectivity index (χ3n) is 2.58. The molecular weight excluding hydrogens is 188 g/mol. The summed E-state index contributed by atoms with van der Waals surface area (Å²) in [6, 6.07) is 7.80. The van der Waals surface area contributed by atoms with Gasteiger partial charge >= 0.3 is 0 Å². The van der Waals surface area contributed by atoms with Gasteiger partial charge in [0.15, 0.2) is 0 Å². The van der Waals surface area contributed by atoms with Gasteiger partial charge in [0.1, 0.15) is 11.5 Å². The summed E-state index contributed by atoms with van der Waals surface area (Å²) in [6.45, 7) is 2.41. The third-order valence-corrected chi connectivity index (χ3v) is 2.58. The molecule has 0 amide bonds. The monoisotopic (exact) mass is 204 g/mol. The summed E-state index contributed by atoms with van der Waals surface area (Å²) in [5.41, 5.74) is 1.01. The van der Waals surface area contributed by atoms with Crippen molar-refractivity contribution in [1.29, 1.82) is 0 Å². The maximum atomic E-state index is 11.1. The summed E-state index contributed by atoms with van der Waals surface area (Å²) < 4.78 is 5.71. The molecular formula is C13H16O2. The van der Waals surface area contributed by atoms with E-state index in [0.717, 1.165) is 23.8 Å². The number of para-hydroxylation sites is 1. The van der Waals surface area contributed by atoms with Crippen molar-refractivity contribution in [2.45, 2.75) is 26.2 Å². The van der Waals surface area contributed by atoms with Crippen LogP contribution in [0.1, 0.15) is 25.3 Å². The first-order valence-corrected chi connectivity index (χ1v) is 5.46. The summed E-state index contributed by atoms with van der Waals surface area (Å²) in [7, 11) is 0. The van der Waals surface area contributed by atoms with Crippen LogP contribution in [0.5, 0.6) is 5.75 Å². The first-order chi connectivity index (χ1) is 7.25. The van der Waals surface area contributed by atoms with Gasteiger partial charge in [-0.15, -0.1) is 0 Å². The number of ketones is 1. The second-order valence-electron chi connectivity index (χ2n) is 4.24. The molecule has 2 rings (SSSR count). The van der Waals surface area contributed by atoms with Gasteiger partial charge in [0.25, 0.3) is 0 Å². The minimum atomic E-state index is 0.178. The number of carbonyl (C=O) groups excluding carboxylic acids is 1. The molecule has 0 unspecified atom stereocenters. The number of hydrogen-bond acceptors (Lipinski definition) is 2. The predicted molar refractivity (Wildman–Crippen MR) is 59.0 cm³/mol. The largest absolute Gasteiger partial charge is 0.493 e. The Labute approximate surface area is 90.3 Å².